The Morgan fingerprint density at radius 2 is 2.16 bits per heavy atom. The van der Waals surface area contributed by atoms with Gasteiger partial charge in [0.15, 0.2) is 0 Å². The minimum Gasteiger partial charge on any atom is -0.376 e. The maximum atomic E-state index is 13.4. The Hall–Kier alpha value is -1.17. The summed E-state index contributed by atoms with van der Waals surface area (Å²) in [5, 5.41) is 14.3. The van der Waals surface area contributed by atoms with Crippen LogP contribution in [-0.4, -0.2) is 11.0 Å². The molecule has 3 atom stereocenters. The number of rotatable bonds is 3. The number of hydrogen-bond donors (Lipinski definition) is 1. The number of nitro groups is 1. The van der Waals surface area contributed by atoms with E-state index in [-0.39, 0.29) is 16.2 Å². The SMILES string of the molecule is O=[N+]([O-])c1cc(F)c(Br)cc1NC1CC2CCC1C2. The fourth-order valence-electron chi connectivity index (χ4n) is 3.42. The van der Waals surface area contributed by atoms with Crippen molar-refractivity contribution in [1.29, 1.82) is 0 Å². The smallest absolute Gasteiger partial charge is 0.295 e. The van der Waals surface area contributed by atoms with Gasteiger partial charge in [-0.2, -0.15) is 0 Å². The largest absolute Gasteiger partial charge is 0.376 e. The molecular formula is C13H14BrFN2O2. The fourth-order valence-corrected chi connectivity index (χ4v) is 3.77. The molecule has 1 aromatic carbocycles. The first-order valence-corrected chi connectivity index (χ1v) is 7.24. The Balaban J connectivity index is 1.87. The second-order valence-corrected chi connectivity index (χ2v) is 6.32. The summed E-state index contributed by atoms with van der Waals surface area (Å²) in [7, 11) is 0. The van der Waals surface area contributed by atoms with Gasteiger partial charge in [-0.05, 0) is 53.1 Å². The molecule has 2 fully saturated rings. The standard InChI is InChI=1S/C13H14BrFN2O2/c14-9-5-12(13(17(18)19)6-10(9)15)16-11-4-7-1-2-8(11)3-7/h5-8,11,16H,1-4H2. The lowest BCUT2D eigenvalue weighted by molar-refractivity contribution is -0.384. The predicted octanol–water partition coefficient (Wildman–Crippen LogP) is 4.10. The van der Waals surface area contributed by atoms with Crippen LogP contribution in [0.5, 0.6) is 0 Å². The second-order valence-electron chi connectivity index (χ2n) is 5.47. The normalized spacial score (nSPS) is 28.6. The molecule has 102 valence electrons. The molecule has 3 rings (SSSR count). The average molecular weight is 329 g/mol. The molecule has 4 nitrogen and oxygen atoms in total. The van der Waals surface area contributed by atoms with E-state index < -0.39 is 10.7 Å². The van der Waals surface area contributed by atoms with Gasteiger partial charge in [-0.1, -0.05) is 6.42 Å². The van der Waals surface area contributed by atoms with Gasteiger partial charge in [0.2, 0.25) is 0 Å². The third-order valence-electron chi connectivity index (χ3n) is 4.31. The van der Waals surface area contributed by atoms with Crippen LogP contribution in [-0.2, 0) is 0 Å². The van der Waals surface area contributed by atoms with Gasteiger partial charge in [-0.3, -0.25) is 10.1 Å². The van der Waals surface area contributed by atoms with Crippen molar-refractivity contribution < 1.29 is 9.31 Å². The first-order valence-electron chi connectivity index (χ1n) is 6.44. The maximum absolute atomic E-state index is 13.4. The van der Waals surface area contributed by atoms with E-state index in [1.165, 1.54) is 25.3 Å². The molecule has 1 aromatic rings. The quantitative estimate of drug-likeness (QED) is 0.671. The first-order chi connectivity index (χ1) is 9.04. The predicted molar refractivity (Wildman–Crippen MR) is 73.6 cm³/mol. The molecule has 6 heteroatoms. The first kappa shape index (κ1) is 12.8. The number of nitrogens with one attached hydrogen (secondary N) is 1. The zero-order valence-corrected chi connectivity index (χ0v) is 11.8. The van der Waals surface area contributed by atoms with E-state index in [2.05, 4.69) is 21.2 Å². The molecule has 0 amide bonds. The van der Waals surface area contributed by atoms with E-state index in [4.69, 9.17) is 0 Å². The molecule has 0 aromatic heterocycles. The minimum absolute atomic E-state index is 0.191. The van der Waals surface area contributed by atoms with E-state index in [1.54, 1.807) is 0 Å². The molecular weight excluding hydrogens is 315 g/mol. The summed E-state index contributed by atoms with van der Waals surface area (Å²) in [5.41, 5.74) is 0.222. The van der Waals surface area contributed by atoms with E-state index in [0.717, 1.165) is 18.4 Å². The van der Waals surface area contributed by atoms with Crippen LogP contribution in [0.2, 0.25) is 0 Å². The van der Waals surface area contributed by atoms with Gasteiger partial charge in [-0.25, -0.2) is 4.39 Å². The van der Waals surface area contributed by atoms with Crippen LogP contribution < -0.4 is 5.32 Å². The number of anilines is 1. The van der Waals surface area contributed by atoms with Crippen molar-refractivity contribution in [2.45, 2.75) is 31.7 Å². The molecule has 2 aliphatic rings. The van der Waals surface area contributed by atoms with Crippen molar-refractivity contribution in [2.75, 3.05) is 5.32 Å². The molecule has 2 bridgehead atoms. The maximum Gasteiger partial charge on any atom is 0.295 e. The van der Waals surface area contributed by atoms with Crippen molar-refractivity contribution in [3.05, 3.63) is 32.5 Å². The summed E-state index contributed by atoms with van der Waals surface area (Å²) in [4.78, 5) is 10.5. The second kappa shape index (κ2) is 4.74. The van der Waals surface area contributed by atoms with E-state index in [0.29, 0.717) is 11.6 Å². The Labute approximate surface area is 118 Å². The van der Waals surface area contributed by atoms with Crippen LogP contribution in [0, 0.1) is 27.8 Å². The number of fused-ring (bicyclic) bond motifs is 2. The highest BCUT2D eigenvalue weighted by Crippen LogP contribution is 2.46. The lowest BCUT2D eigenvalue weighted by Gasteiger charge is -2.24. The zero-order valence-electron chi connectivity index (χ0n) is 10.2. The van der Waals surface area contributed by atoms with Crippen molar-refractivity contribution in [1.82, 2.24) is 0 Å². The number of benzene rings is 1. The van der Waals surface area contributed by atoms with Crippen molar-refractivity contribution >= 4 is 27.3 Å². The average Bonchev–Trinajstić information content (AvgIpc) is 2.95. The van der Waals surface area contributed by atoms with Gasteiger partial charge >= 0.3 is 0 Å². The van der Waals surface area contributed by atoms with Crippen molar-refractivity contribution in [2.24, 2.45) is 11.8 Å². The van der Waals surface area contributed by atoms with Crippen LogP contribution in [0.25, 0.3) is 0 Å². The Kier molecular flexibility index (Phi) is 3.20. The Morgan fingerprint density at radius 3 is 2.74 bits per heavy atom. The highest BCUT2D eigenvalue weighted by atomic mass is 79.9. The minimum atomic E-state index is -0.606. The summed E-state index contributed by atoms with van der Waals surface area (Å²) >= 11 is 3.08. The van der Waals surface area contributed by atoms with E-state index >= 15 is 0 Å². The molecule has 1 N–H and O–H groups in total. The molecule has 2 saturated carbocycles. The zero-order chi connectivity index (χ0) is 13.6. The highest BCUT2D eigenvalue weighted by molar-refractivity contribution is 9.10. The van der Waals surface area contributed by atoms with E-state index in [1.807, 2.05) is 0 Å². The summed E-state index contributed by atoms with van der Waals surface area (Å²) in [6.07, 6.45) is 4.75. The van der Waals surface area contributed by atoms with Gasteiger partial charge < -0.3 is 5.32 Å². The molecule has 0 saturated heterocycles. The summed E-state index contributed by atoms with van der Waals surface area (Å²) < 4.78 is 13.7. The summed E-state index contributed by atoms with van der Waals surface area (Å²) in [6.45, 7) is 0. The molecule has 0 radical (unpaired) electrons. The highest BCUT2D eigenvalue weighted by Gasteiger charge is 2.40. The third-order valence-corrected chi connectivity index (χ3v) is 4.92. The number of halogens is 2. The molecule has 2 aliphatic carbocycles. The molecule has 0 spiro atoms. The monoisotopic (exact) mass is 328 g/mol. The fraction of sp³-hybridized carbons (Fsp3) is 0.538. The van der Waals surface area contributed by atoms with Gasteiger partial charge in [-0.15, -0.1) is 0 Å². The van der Waals surface area contributed by atoms with Gasteiger partial charge in [0.25, 0.3) is 5.69 Å². The van der Waals surface area contributed by atoms with Crippen LogP contribution >= 0.6 is 15.9 Å². The van der Waals surface area contributed by atoms with Gasteiger partial charge in [0, 0.05) is 6.04 Å². The summed E-state index contributed by atoms with van der Waals surface area (Å²) in [6, 6.07) is 2.73. The molecule has 0 heterocycles. The van der Waals surface area contributed by atoms with E-state index in [9.17, 15) is 14.5 Å². The topological polar surface area (TPSA) is 55.2 Å². The lowest BCUT2D eigenvalue weighted by Crippen LogP contribution is -2.26. The lowest BCUT2D eigenvalue weighted by atomic mass is 9.95. The van der Waals surface area contributed by atoms with Crippen LogP contribution in [0.1, 0.15) is 25.7 Å². The number of hydrogen-bond acceptors (Lipinski definition) is 3. The molecule has 0 aliphatic heterocycles. The van der Waals surface area contributed by atoms with Gasteiger partial charge in [0.05, 0.1) is 15.5 Å². The van der Waals surface area contributed by atoms with Crippen molar-refractivity contribution in [3.63, 3.8) is 0 Å². The Morgan fingerprint density at radius 1 is 1.37 bits per heavy atom. The molecule has 19 heavy (non-hydrogen) atoms. The van der Waals surface area contributed by atoms with Crippen LogP contribution in [0.4, 0.5) is 15.8 Å². The van der Waals surface area contributed by atoms with Crippen LogP contribution in [0.3, 0.4) is 0 Å². The van der Waals surface area contributed by atoms with Crippen molar-refractivity contribution in [3.8, 4) is 0 Å². The molecule has 3 unspecified atom stereocenters. The van der Waals surface area contributed by atoms with Crippen LogP contribution in [0.15, 0.2) is 16.6 Å². The third kappa shape index (κ3) is 2.33. The number of nitrogens with zero attached hydrogens (tertiary/aromatic N) is 1. The number of nitro benzene ring substituents is 1. The van der Waals surface area contributed by atoms with Gasteiger partial charge in [0.1, 0.15) is 11.5 Å². The Bertz CT molecular complexity index is 538. The summed E-state index contributed by atoms with van der Waals surface area (Å²) in [5.74, 6) is 0.754.